The third kappa shape index (κ3) is 6.82. The largest absolute Gasteiger partial charge is 0.457 e. The number of carbonyl (C=O) groups is 2. The average molecular weight is 620 g/mol. The maximum atomic E-state index is 13.7. The Labute approximate surface area is 241 Å². The van der Waals surface area contributed by atoms with Crippen molar-refractivity contribution in [2.24, 2.45) is 0 Å². The van der Waals surface area contributed by atoms with Gasteiger partial charge in [0.15, 0.2) is 0 Å². The van der Waals surface area contributed by atoms with Crippen molar-refractivity contribution in [3.63, 3.8) is 0 Å². The van der Waals surface area contributed by atoms with Crippen molar-refractivity contribution in [2.75, 3.05) is 0 Å². The van der Waals surface area contributed by atoms with Crippen molar-refractivity contribution in [3.05, 3.63) is 92.4 Å². The smallest absolute Gasteiger partial charge is 0.407 e. The molecule has 4 rings (SSSR count). The van der Waals surface area contributed by atoms with Gasteiger partial charge in [-0.05, 0) is 63.4 Å². The third-order valence-electron chi connectivity index (χ3n) is 6.26. The quantitative estimate of drug-likeness (QED) is 0.283. The molecule has 2 N–H and O–H groups in total. The zero-order chi connectivity index (χ0) is 27.5. The minimum atomic E-state index is -0.763. The molecule has 9 heteroatoms. The molecule has 0 bridgehead atoms. The minimum absolute atomic E-state index is 0.116. The van der Waals surface area contributed by atoms with Gasteiger partial charge in [-0.15, -0.1) is 0 Å². The number of carbonyl (C=O) groups excluding carboxylic acids is 2. The predicted octanol–water partition coefficient (Wildman–Crippen LogP) is 7.79. The van der Waals surface area contributed by atoms with Crippen LogP contribution in [-0.4, -0.2) is 23.6 Å². The molecule has 200 valence electrons. The lowest BCUT2D eigenvalue weighted by molar-refractivity contribution is -0.131. The molecule has 0 radical (unpaired) electrons. The van der Waals surface area contributed by atoms with Crippen LogP contribution in [-0.2, 0) is 21.5 Å². The highest BCUT2D eigenvalue weighted by Gasteiger charge is 2.52. The Morgan fingerprint density at radius 1 is 1.00 bits per heavy atom. The van der Waals surface area contributed by atoms with E-state index < -0.39 is 17.1 Å². The molecule has 0 heterocycles. The van der Waals surface area contributed by atoms with Gasteiger partial charge in [-0.25, -0.2) is 4.79 Å². The number of benzene rings is 3. The van der Waals surface area contributed by atoms with Crippen LogP contribution in [0, 0.1) is 0 Å². The Bertz CT molecular complexity index is 1320. The van der Waals surface area contributed by atoms with Crippen LogP contribution in [0.2, 0.25) is 10.0 Å². The van der Waals surface area contributed by atoms with E-state index in [1.54, 1.807) is 18.2 Å². The van der Waals surface area contributed by atoms with Crippen LogP contribution < -0.4 is 15.4 Å². The number of amides is 2. The van der Waals surface area contributed by atoms with Gasteiger partial charge in [0.05, 0.1) is 15.5 Å². The Morgan fingerprint density at radius 2 is 1.71 bits per heavy atom. The van der Waals surface area contributed by atoms with Gasteiger partial charge >= 0.3 is 6.09 Å². The van der Waals surface area contributed by atoms with Crippen molar-refractivity contribution < 1.29 is 19.1 Å². The summed E-state index contributed by atoms with van der Waals surface area (Å²) in [7, 11) is 0. The number of rotatable bonds is 7. The molecule has 1 aliphatic carbocycles. The van der Waals surface area contributed by atoms with Crippen molar-refractivity contribution in [2.45, 2.75) is 57.2 Å². The molecule has 0 aromatic heterocycles. The lowest BCUT2D eigenvalue weighted by Gasteiger charge is -2.46. The van der Waals surface area contributed by atoms with E-state index in [1.165, 1.54) is 0 Å². The number of ether oxygens (including phenoxy) is 2. The van der Waals surface area contributed by atoms with Crippen molar-refractivity contribution in [3.8, 4) is 11.5 Å². The minimum Gasteiger partial charge on any atom is -0.457 e. The van der Waals surface area contributed by atoms with Crippen LogP contribution in [0.5, 0.6) is 11.5 Å². The fourth-order valence-electron chi connectivity index (χ4n) is 4.45. The van der Waals surface area contributed by atoms with Crippen LogP contribution in [0.25, 0.3) is 0 Å². The number of nitrogens with one attached hydrogen (secondary N) is 2. The molecular formula is C29H29BrCl2N2O4. The Kier molecular flexibility index (Phi) is 8.60. The molecule has 3 aromatic rings. The molecule has 0 atom stereocenters. The number of halogens is 3. The van der Waals surface area contributed by atoms with Crippen LogP contribution in [0.4, 0.5) is 4.79 Å². The van der Waals surface area contributed by atoms with Gasteiger partial charge in [0.2, 0.25) is 5.91 Å². The molecule has 2 amide bonds. The zero-order valence-corrected chi connectivity index (χ0v) is 24.4. The molecule has 0 saturated heterocycles. The Hall–Kier alpha value is -2.74. The summed E-state index contributed by atoms with van der Waals surface area (Å²) in [5.74, 6) is 0.986. The molecule has 1 aliphatic rings. The lowest BCUT2D eigenvalue weighted by Crippen LogP contribution is -2.60. The standard InChI is InChI=1S/C29H29BrCl2N2O4/c1-28(2,3)38-27(36)34-21-15-29(16-21,19-7-5-4-6-8-19)26(35)33-17-18-9-10-20(30)13-25(18)37-22-11-12-23(31)24(32)14-22/h4-14,21H,15-17H2,1-3H3,(H,33,35)(H,34,36). The van der Waals surface area contributed by atoms with E-state index in [-0.39, 0.29) is 18.5 Å². The van der Waals surface area contributed by atoms with Crippen molar-refractivity contribution >= 4 is 51.1 Å². The first-order valence-corrected chi connectivity index (χ1v) is 13.7. The first kappa shape index (κ1) is 28.3. The van der Waals surface area contributed by atoms with Gasteiger partial charge in [0, 0.05) is 28.7 Å². The maximum Gasteiger partial charge on any atom is 0.407 e. The Balaban J connectivity index is 1.48. The van der Waals surface area contributed by atoms with Gasteiger partial charge in [0.25, 0.3) is 0 Å². The summed E-state index contributed by atoms with van der Waals surface area (Å²) in [6.45, 7) is 5.70. The van der Waals surface area contributed by atoms with E-state index in [9.17, 15) is 9.59 Å². The average Bonchev–Trinajstić information content (AvgIpc) is 2.82. The molecule has 6 nitrogen and oxygen atoms in total. The highest BCUT2D eigenvalue weighted by Crippen LogP contribution is 2.44. The summed E-state index contributed by atoms with van der Waals surface area (Å²) in [4.78, 5) is 25.9. The van der Waals surface area contributed by atoms with Gasteiger partial charge in [-0.1, -0.05) is 75.5 Å². The molecular weight excluding hydrogens is 591 g/mol. The predicted molar refractivity (Wildman–Crippen MR) is 153 cm³/mol. The second-order valence-corrected chi connectivity index (χ2v) is 12.0. The molecule has 0 unspecified atom stereocenters. The lowest BCUT2D eigenvalue weighted by atomic mass is 9.61. The SMILES string of the molecule is CC(C)(C)OC(=O)NC1CC(C(=O)NCc2ccc(Br)cc2Oc2ccc(Cl)c(Cl)c2)(c2ccccc2)C1. The fourth-order valence-corrected chi connectivity index (χ4v) is 5.08. The second-order valence-electron chi connectivity index (χ2n) is 10.3. The summed E-state index contributed by atoms with van der Waals surface area (Å²) in [6.07, 6.45) is 0.452. The van der Waals surface area contributed by atoms with E-state index in [0.29, 0.717) is 34.4 Å². The summed E-state index contributed by atoms with van der Waals surface area (Å²) in [6, 6.07) is 20.1. The van der Waals surface area contributed by atoms with E-state index in [0.717, 1.165) is 15.6 Å². The van der Waals surface area contributed by atoms with Gasteiger partial charge in [0.1, 0.15) is 17.1 Å². The molecule has 0 aliphatic heterocycles. The summed E-state index contributed by atoms with van der Waals surface area (Å²) >= 11 is 15.7. The molecule has 1 saturated carbocycles. The maximum absolute atomic E-state index is 13.7. The monoisotopic (exact) mass is 618 g/mol. The van der Waals surface area contributed by atoms with Crippen molar-refractivity contribution in [1.82, 2.24) is 10.6 Å². The van der Waals surface area contributed by atoms with E-state index in [2.05, 4.69) is 26.6 Å². The molecule has 38 heavy (non-hydrogen) atoms. The van der Waals surface area contributed by atoms with E-state index in [4.69, 9.17) is 32.7 Å². The topological polar surface area (TPSA) is 76.7 Å². The number of hydrogen-bond acceptors (Lipinski definition) is 4. The normalized spacial score (nSPS) is 18.7. The Morgan fingerprint density at radius 3 is 2.37 bits per heavy atom. The van der Waals surface area contributed by atoms with E-state index >= 15 is 0 Å². The van der Waals surface area contributed by atoms with E-state index in [1.807, 2.05) is 69.3 Å². The molecule has 3 aromatic carbocycles. The summed E-state index contributed by atoms with van der Waals surface area (Å²) in [5, 5.41) is 6.81. The fraction of sp³-hybridized carbons (Fsp3) is 0.310. The summed E-state index contributed by atoms with van der Waals surface area (Å²) < 4.78 is 12.3. The first-order chi connectivity index (χ1) is 17.9. The summed E-state index contributed by atoms with van der Waals surface area (Å²) in [5.41, 5.74) is 0.339. The van der Waals surface area contributed by atoms with Crippen LogP contribution in [0.15, 0.2) is 71.2 Å². The molecule has 0 spiro atoms. The van der Waals surface area contributed by atoms with Gasteiger partial charge < -0.3 is 20.1 Å². The van der Waals surface area contributed by atoms with Crippen LogP contribution in [0.1, 0.15) is 44.7 Å². The number of alkyl carbamates (subject to hydrolysis) is 1. The highest BCUT2D eigenvalue weighted by atomic mass is 79.9. The second kappa shape index (κ2) is 11.6. The van der Waals surface area contributed by atoms with Crippen molar-refractivity contribution in [1.29, 1.82) is 0 Å². The van der Waals surface area contributed by atoms with Gasteiger partial charge in [-0.2, -0.15) is 0 Å². The molecule has 1 fully saturated rings. The van der Waals surface area contributed by atoms with Gasteiger partial charge in [-0.3, -0.25) is 4.79 Å². The highest BCUT2D eigenvalue weighted by molar-refractivity contribution is 9.10. The van der Waals surface area contributed by atoms with Crippen LogP contribution >= 0.6 is 39.1 Å². The van der Waals surface area contributed by atoms with Crippen LogP contribution in [0.3, 0.4) is 0 Å². The number of hydrogen-bond donors (Lipinski definition) is 2. The first-order valence-electron chi connectivity index (χ1n) is 12.2. The third-order valence-corrected chi connectivity index (χ3v) is 7.49. The zero-order valence-electron chi connectivity index (χ0n) is 21.3.